The second-order valence-electron chi connectivity index (χ2n) is 8.09. The average molecular weight is 430 g/mol. The zero-order valence-corrected chi connectivity index (χ0v) is 18.5. The highest BCUT2D eigenvalue weighted by molar-refractivity contribution is 5.72. The number of rotatable bonds is 4. The van der Waals surface area contributed by atoms with Crippen LogP contribution in [0.4, 0.5) is 17.5 Å². The quantitative estimate of drug-likeness (QED) is 0.528. The molecule has 1 aromatic carbocycles. The molecule has 5 rings (SSSR count). The fourth-order valence-electron chi connectivity index (χ4n) is 3.92. The molecule has 0 amide bonds. The summed E-state index contributed by atoms with van der Waals surface area (Å²) in [5.74, 6) is 0.852. The number of hydrogen-bond acceptors (Lipinski definition) is 6. The van der Waals surface area contributed by atoms with Gasteiger partial charge in [-0.05, 0) is 41.8 Å². The third-order valence-corrected chi connectivity index (χ3v) is 5.73. The van der Waals surface area contributed by atoms with E-state index in [2.05, 4.69) is 38.5 Å². The molecule has 1 aliphatic carbocycles. The summed E-state index contributed by atoms with van der Waals surface area (Å²) in [5, 5.41) is 3.19. The van der Waals surface area contributed by atoms with Crippen LogP contribution in [0.3, 0.4) is 0 Å². The number of nitrogens with two attached hydrogens (primary N) is 1. The van der Waals surface area contributed by atoms with Crippen molar-refractivity contribution in [2.24, 2.45) is 0 Å². The Morgan fingerprint density at radius 2 is 1.62 bits per heavy atom. The number of hydrogen-bond donors (Lipinski definition) is 2. The van der Waals surface area contributed by atoms with E-state index in [1.807, 2.05) is 30.3 Å². The van der Waals surface area contributed by atoms with Crippen LogP contribution in [0.25, 0.3) is 16.8 Å². The van der Waals surface area contributed by atoms with Crippen LogP contribution in [-0.4, -0.2) is 28.2 Å². The molecule has 32 heavy (non-hydrogen) atoms. The van der Waals surface area contributed by atoms with Crippen molar-refractivity contribution in [2.45, 2.75) is 44.9 Å². The Bertz CT molecular complexity index is 1000. The van der Waals surface area contributed by atoms with Crippen LogP contribution in [-0.2, 0) is 4.74 Å². The maximum Gasteiger partial charge on any atom is 0.229 e. The van der Waals surface area contributed by atoms with Crippen molar-refractivity contribution >= 4 is 23.0 Å². The van der Waals surface area contributed by atoms with Crippen molar-refractivity contribution in [2.75, 3.05) is 24.3 Å². The second-order valence-corrected chi connectivity index (χ2v) is 8.09. The van der Waals surface area contributed by atoms with Gasteiger partial charge in [-0.1, -0.05) is 62.8 Å². The van der Waals surface area contributed by atoms with Crippen LogP contribution in [0.15, 0.2) is 60.9 Å². The van der Waals surface area contributed by atoms with Gasteiger partial charge in [0.1, 0.15) is 5.82 Å². The van der Waals surface area contributed by atoms with Gasteiger partial charge in [0.05, 0.1) is 24.5 Å². The van der Waals surface area contributed by atoms with Crippen LogP contribution in [0, 0.1) is 0 Å². The van der Waals surface area contributed by atoms with Gasteiger partial charge in [-0.25, -0.2) is 4.98 Å². The Balaban J connectivity index is 0.000000354. The first-order valence-corrected chi connectivity index (χ1v) is 11.5. The van der Waals surface area contributed by atoms with Crippen molar-refractivity contribution in [1.29, 1.82) is 0 Å². The lowest BCUT2D eigenvalue weighted by molar-refractivity contribution is 0.161. The number of aromatic nitrogens is 3. The van der Waals surface area contributed by atoms with Gasteiger partial charge >= 0.3 is 0 Å². The molecule has 1 fully saturated rings. The van der Waals surface area contributed by atoms with E-state index >= 15 is 0 Å². The minimum absolute atomic E-state index is 0.394. The highest BCUT2D eigenvalue weighted by Gasteiger charge is 2.09. The van der Waals surface area contributed by atoms with Crippen LogP contribution in [0.5, 0.6) is 0 Å². The summed E-state index contributed by atoms with van der Waals surface area (Å²) in [6.45, 7) is 1.46. The third-order valence-electron chi connectivity index (χ3n) is 5.73. The van der Waals surface area contributed by atoms with Crippen LogP contribution >= 0.6 is 0 Å². The lowest BCUT2D eigenvalue weighted by atomic mass is 10.0. The molecule has 1 aliphatic heterocycles. The Morgan fingerprint density at radius 1 is 0.875 bits per heavy atom. The highest BCUT2D eigenvalue weighted by atomic mass is 16.5. The average Bonchev–Trinajstić information content (AvgIpc) is 2.87. The molecule has 6 heteroatoms. The minimum atomic E-state index is 0.394. The van der Waals surface area contributed by atoms with Crippen LogP contribution in [0.1, 0.15) is 50.5 Å². The Morgan fingerprint density at radius 3 is 2.22 bits per heavy atom. The third kappa shape index (κ3) is 6.14. The zero-order chi connectivity index (χ0) is 22.0. The summed E-state index contributed by atoms with van der Waals surface area (Å²) in [6, 6.07) is 13.8. The lowest BCUT2D eigenvalue weighted by Gasteiger charge is -2.14. The molecule has 0 bridgehead atoms. The molecule has 0 atom stereocenters. The molecule has 0 saturated heterocycles. The topological polar surface area (TPSA) is 86.0 Å². The predicted molar refractivity (Wildman–Crippen MR) is 131 cm³/mol. The molecular formula is C26H31N5O. The van der Waals surface area contributed by atoms with Crippen molar-refractivity contribution in [1.82, 2.24) is 15.0 Å². The molecule has 0 spiro atoms. The first-order valence-electron chi connectivity index (χ1n) is 11.5. The van der Waals surface area contributed by atoms with E-state index in [-0.39, 0.29) is 0 Å². The summed E-state index contributed by atoms with van der Waals surface area (Å²) >= 11 is 0. The number of anilines is 3. The van der Waals surface area contributed by atoms with Crippen molar-refractivity contribution in [3.8, 4) is 11.3 Å². The standard InChI is InChI=1S/C20H19N5O.C6H12/c21-19-17(18-3-1-2-10-22-18)13-23-20(25-19)24-16-6-4-14(5-7-16)15-8-11-26-12-9-15;1-2-4-6-5-3-1/h1-8,10,13H,9,11-12H2,(H3,21,23,24,25);1-6H2. The fraction of sp³-hybridized carbons (Fsp3) is 0.346. The van der Waals surface area contributed by atoms with Crippen molar-refractivity contribution < 1.29 is 4.74 Å². The molecule has 6 nitrogen and oxygen atoms in total. The first-order chi connectivity index (χ1) is 15.8. The molecule has 1 saturated carbocycles. The van der Waals surface area contributed by atoms with E-state index in [0.29, 0.717) is 18.4 Å². The van der Waals surface area contributed by atoms with Crippen LogP contribution in [0.2, 0.25) is 0 Å². The van der Waals surface area contributed by atoms with Crippen LogP contribution < -0.4 is 11.1 Å². The Hall–Kier alpha value is -3.25. The molecular weight excluding hydrogens is 398 g/mol. The normalized spacial score (nSPS) is 15.8. The fourth-order valence-corrected chi connectivity index (χ4v) is 3.92. The molecule has 3 N–H and O–H groups in total. The van der Waals surface area contributed by atoms with Crippen molar-refractivity contribution in [3.63, 3.8) is 0 Å². The maximum absolute atomic E-state index is 6.08. The summed E-state index contributed by atoms with van der Waals surface area (Å²) in [5.41, 5.74) is 11.0. The number of ether oxygens (including phenoxy) is 1. The van der Waals surface area contributed by atoms with E-state index in [1.54, 1.807) is 12.4 Å². The molecule has 2 aromatic heterocycles. The second kappa shape index (κ2) is 11.4. The van der Waals surface area contributed by atoms with Gasteiger partial charge in [0.25, 0.3) is 0 Å². The van der Waals surface area contributed by atoms with E-state index < -0.39 is 0 Å². The number of pyridine rings is 1. The number of nitrogen functional groups attached to an aromatic ring is 1. The summed E-state index contributed by atoms with van der Waals surface area (Å²) in [6.07, 6.45) is 15.5. The van der Waals surface area contributed by atoms with Gasteiger partial charge in [-0.2, -0.15) is 4.98 Å². The van der Waals surface area contributed by atoms with Gasteiger partial charge in [-0.3, -0.25) is 4.98 Å². The SMILES string of the molecule is C1CCCCC1.Nc1nc(Nc2ccc(C3=CCOCC3)cc2)ncc1-c1ccccn1. The smallest absolute Gasteiger partial charge is 0.229 e. The maximum atomic E-state index is 6.08. The monoisotopic (exact) mass is 429 g/mol. The summed E-state index contributed by atoms with van der Waals surface area (Å²) < 4.78 is 5.36. The van der Waals surface area contributed by atoms with Gasteiger partial charge in [0.15, 0.2) is 0 Å². The molecule has 166 valence electrons. The first kappa shape index (κ1) is 22.0. The van der Waals surface area contributed by atoms with Gasteiger partial charge < -0.3 is 15.8 Å². The van der Waals surface area contributed by atoms with E-state index in [4.69, 9.17) is 10.5 Å². The van der Waals surface area contributed by atoms with E-state index in [0.717, 1.165) is 30.0 Å². The van der Waals surface area contributed by atoms with E-state index in [9.17, 15) is 0 Å². The predicted octanol–water partition coefficient (Wildman–Crippen LogP) is 6.01. The molecule has 3 aromatic rings. The molecule has 3 heterocycles. The summed E-state index contributed by atoms with van der Waals surface area (Å²) in [7, 11) is 0. The number of benzene rings is 1. The summed E-state index contributed by atoms with van der Waals surface area (Å²) in [4.78, 5) is 13.0. The Labute approximate surface area is 190 Å². The zero-order valence-electron chi connectivity index (χ0n) is 18.5. The Kier molecular flexibility index (Phi) is 7.82. The largest absolute Gasteiger partial charge is 0.383 e. The molecule has 0 radical (unpaired) electrons. The minimum Gasteiger partial charge on any atom is -0.383 e. The van der Waals surface area contributed by atoms with Gasteiger partial charge in [-0.15, -0.1) is 0 Å². The van der Waals surface area contributed by atoms with Crippen molar-refractivity contribution in [3.05, 3.63) is 66.5 Å². The number of nitrogens with zero attached hydrogens (tertiary/aromatic N) is 3. The molecule has 2 aliphatic rings. The molecule has 0 unspecified atom stereocenters. The lowest BCUT2D eigenvalue weighted by Crippen LogP contribution is -2.04. The van der Waals surface area contributed by atoms with E-state index in [1.165, 1.54) is 49.7 Å². The highest BCUT2D eigenvalue weighted by Crippen LogP contribution is 2.25. The van der Waals surface area contributed by atoms with Gasteiger partial charge in [0.2, 0.25) is 5.95 Å². The number of nitrogens with one attached hydrogen (secondary N) is 1. The van der Waals surface area contributed by atoms with Gasteiger partial charge in [0, 0.05) is 18.1 Å².